The summed E-state index contributed by atoms with van der Waals surface area (Å²) in [6, 6.07) is 9.85. The molecule has 0 radical (unpaired) electrons. The van der Waals surface area contributed by atoms with Crippen LogP contribution in [0.15, 0.2) is 30.3 Å². The van der Waals surface area contributed by atoms with Crippen molar-refractivity contribution >= 4 is 5.97 Å². The summed E-state index contributed by atoms with van der Waals surface area (Å²) in [5.41, 5.74) is 5.83. The summed E-state index contributed by atoms with van der Waals surface area (Å²) in [4.78, 5) is 11.0. The molecule has 0 amide bonds. The van der Waals surface area contributed by atoms with Gasteiger partial charge in [-0.25, -0.2) is 0 Å². The summed E-state index contributed by atoms with van der Waals surface area (Å²) in [5.74, 6) is -0.819. The van der Waals surface area contributed by atoms with Crippen LogP contribution in [-0.4, -0.2) is 17.6 Å². The molecule has 82 valence electrons. The number of rotatable bonds is 5. The van der Waals surface area contributed by atoms with Gasteiger partial charge in [0.05, 0.1) is 5.41 Å². The maximum Gasteiger partial charge on any atom is 0.310 e. The first-order chi connectivity index (χ1) is 7.08. The number of carboxylic acid groups (broad SMARTS) is 1. The zero-order chi connectivity index (χ0) is 11.3. The number of hydrogen-bond acceptors (Lipinski definition) is 2. The van der Waals surface area contributed by atoms with Gasteiger partial charge >= 0.3 is 5.97 Å². The van der Waals surface area contributed by atoms with E-state index in [9.17, 15) is 4.79 Å². The molecular formula is C12H17NO2. The Balaban J connectivity index is 2.59. The fourth-order valence-corrected chi connectivity index (χ4v) is 1.36. The quantitative estimate of drug-likeness (QED) is 0.772. The second-order valence-electron chi connectivity index (χ2n) is 4.06. The molecule has 1 aromatic carbocycles. The van der Waals surface area contributed by atoms with E-state index in [1.54, 1.807) is 6.92 Å². The van der Waals surface area contributed by atoms with Crippen LogP contribution < -0.4 is 5.73 Å². The Morgan fingerprint density at radius 2 is 2.00 bits per heavy atom. The molecule has 0 saturated heterocycles. The van der Waals surface area contributed by atoms with Crippen LogP contribution in [0.2, 0.25) is 0 Å². The minimum absolute atomic E-state index is 0.176. The van der Waals surface area contributed by atoms with Crippen LogP contribution in [-0.2, 0) is 11.2 Å². The Kier molecular flexibility index (Phi) is 3.86. The van der Waals surface area contributed by atoms with E-state index < -0.39 is 11.4 Å². The first kappa shape index (κ1) is 11.7. The van der Waals surface area contributed by atoms with Crippen molar-refractivity contribution in [2.24, 2.45) is 11.1 Å². The lowest BCUT2D eigenvalue weighted by atomic mass is 9.84. The molecule has 0 aliphatic heterocycles. The molecule has 0 fully saturated rings. The highest BCUT2D eigenvalue weighted by atomic mass is 16.4. The number of aliphatic carboxylic acids is 1. The normalized spacial score (nSPS) is 14.5. The van der Waals surface area contributed by atoms with Crippen LogP contribution in [0, 0.1) is 5.41 Å². The maximum atomic E-state index is 11.0. The van der Waals surface area contributed by atoms with E-state index in [-0.39, 0.29) is 6.54 Å². The molecule has 0 aliphatic carbocycles. The van der Waals surface area contributed by atoms with Crippen molar-refractivity contribution in [1.29, 1.82) is 0 Å². The molecule has 3 N–H and O–H groups in total. The fraction of sp³-hybridized carbons (Fsp3) is 0.417. The van der Waals surface area contributed by atoms with Gasteiger partial charge in [0.2, 0.25) is 0 Å². The van der Waals surface area contributed by atoms with Crippen LogP contribution in [0.4, 0.5) is 0 Å². The van der Waals surface area contributed by atoms with Gasteiger partial charge in [0.25, 0.3) is 0 Å². The van der Waals surface area contributed by atoms with Crippen LogP contribution >= 0.6 is 0 Å². The molecule has 0 bridgehead atoms. The topological polar surface area (TPSA) is 63.3 Å². The summed E-state index contributed by atoms with van der Waals surface area (Å²) in [6.45, 7) is 1.87. The third-order valence-corrected chi connectivity index (χ3v) is 2.78. The van der Waals surface area contributed by atoms with Crippen LogP contribution in [0.5, 0.6) is 0 Å². The number of nitrogens with two attached hydrogens (primary N) is 1. The van der Waals surface area contributed by atoms with Gasteiger partial charge in [0.1, 0.15) is 0 Å². The fourth-order valence-electron chi connectivity index (χ4n) is 1.36. The first-order valence-corrected chi connectivity index (χ1v) is 5.06. The highest BCUT2D eigenvalue weighted by Crippen LogP contribution is 2.22. The zero-order valence-electron chi connectivity index (χ0n) is 8.94. The van der Waals surface area contributed by atoms with Crippen molar-refractivity contribution in [3.63, 3.8) is 0 Å². The average Bonchev–Trinajstić information content (AvgIpc) is 2.27. The standard InChI is InChI=1S/C12H17NO2/c1-12(9-13,11(14)15)8-7-10-5-3-2-4-6-10/h2-6H,7-9,13H2,1H3,(H,14,15). The Morgan fingerprint density at radius 3 is 2.47 bits per heavy atom. The number of aryl methyl sites for hydroxylation is 1. The Bertz CT molecular complexity index is 324. The zero-order valence-corrected chi connectivity index (χ0v) is 8.94. The summed E-state index contributed by atoms with van der Waals surface area (Å²) in [6.07, 6.45) is 1.32. The van der Waals surface area contributed by atoms with Crippen molar-refractivity contribution in [2.75, 3.05) is 6.54 Å². The Morgan fingerprint density at radius 1 is 1.40 bits per heavy atom. The van der Waals surface area contributed by atoms with Gasteiger partial charge in [-0.2, -0.15) is 0 Å². The minimum atomic E-state index is -0.819. The van der Waals surface area contributed by atoms with Crippen molar-refractivity contribution in [3.8, 4) is 0 Å². The maximum absolute atomic E-state index is 11.0. The Hall–Kier alpha value is -1.35. The summed E-state index contributed by atoms with van der Waals surface area (Å²) >= 11 is 0. The number of carboxylic acids is 1. The van der Waals surface area contributed by atoms with E-state index in [1.807, 2.05) is 30.3 Å². The van der Waals surface area contributed by atoms with Gasteiger partial charge in [0.15, 0.2) is 0 Å². The molecule has 0 heterocycles. The molecule has 0 saturated carbocycles. The lowest BCUT2D eigenvalue weighted by Crippen LogP contribution is -2.36. The van der Waals surface area contributed by atoms with Crippen LogP contribution in [0.3, 0.4) is 0 Å². The average molecular weight is 207 g/mol. The highest BCUT2D eigenvalue weighted by molar-refractivity contribution is 5.74. The van der Waals surface area contributed by atoms with Crippen molar-refractivity contribution in [2.45, 2.75) is 19.8 Å². The first-order valence-electron chi connectivity index (χ1n) is 5.06. The van der Waals surface area contributed by atoms with Gasteiger partial charge in [-0.1, -0.05) is 30.3 Å². The molecule has 0 spiro atoms. The lowest BCUT2D eigenvalue weighted by Gasteiger charge is -2.22. The smallest absolute Gasteiger partial charge is 0.310 e. The Labute approximate surface area is 89.9 Å². The molecule has 15 heavy (non-hydrogen) atoms. The third-order valence-electron chi connectivity index (χ3n) is 2.78. The molecule has 1 aromatic rings. The van der Waals surface area contributed by atoms with E-state index in [4.69, 9.17) is 10.8 Å². The second kappa shape index (κ2) is 4.94. The summed E-state index contributed by atoms with van der Waals surface area (Å²) < 4.78 is 0. The monoisotopic (exact) mass is 207 g/mol. The number of benzene rings is 1. The third kappa shape index (κ3) is 3.06. The number of carbonyl (C=O) groups is 1. The van der Waals surface area contributed by atoms with E-state index in [0.717, 1.165) is 12.0 Å². The highest BCUT2D eigenvalue weighted by Gasteiger charge is 2.30. The molecule has 3 heteroatoms. The van der Waals surface area contributed by atoms with E-state index in [2.05, 4.69) is 0 Å². The van der Waals surface area contributed by atoms with Gasteiger partial charge in [-0.15, -0.1) is 0 Å². The van der Waals surface area contributed by atoms with Crippen LogP contribution in [0.25, 0.3) is 0 Å². The largest absolute Gasteiger partial charge is 0.481 e. The van der Waals surface area contributed by atoms with Gasteiger partial charge in [-0.3, -0.25) is 4.79 Å². The molecule has 1 rings (SSSR count). The summed E-state index contributed by atoms with van der Waals surface area (Å²) in [7, 11) is 0. The van der Waals surface area contributed by atoms with Gasteiger partial charge < -0.3 is 10.8 Å². The molecule has 0 aliphatic rings. The van der Waals surface area contributed by atoms with E-state index in [1.165, 1.54) is 0 Å². The van der Waals surface area contributed by atoms with Gasteiger partial charge in [-0.05, 0) is 25.3 Å². The molecular weight excluding hydrogens is 190 g/mol. The second-order valence-corrected chi connectivity index (χ2v) is 4.06. The van der Waals surface area contributed by atoms with Crippen molar-refractivity contribution < 1.29 is 9.90 Å². The molecule has 0 aromatic heterocycles. The molecule has 1 unspecified atom stereocenters. The molecule has 1 atom stereocenters. The molecule has 3 nitrogen and oxygen atoms in total. The minimum Gasteiger partial charge on any atom is -0.481 e. The van der Waals surface area contributed by atoms with Gasteiger partial charge in [0, 0.05) is 6.54 Å². The van der Waals surface area contributed by atoms with Crippen LogP contribution in [0.1, 0.15) is 18.9 Å². The van der Waals surface area contributed by atoms with Crippen molar-refractivity contribution in [3.05, 3.63) is 35.9 Å². The van der Waals surface area contributed by atoms with E-state index >= 15 is 0 Å². The summed E-state index contributed by atoms with van der Waals surface area (Å²) in [5, 5.41) is 9.03. The van der Waals surface area contributed by atoms with Crippen molar-refractivity contribution in [1.82, 2.24) is 0 Å². The SMILES string of the molecule is CC(CN)(CCc1ccccc1)C(=O)O. The predicted octanol–water partition coefficient (Wildman–Crippen LogP) is 1.67. The lowest BCUT2D eigenvalue weighted by molar-refractivity contribution is -0.147. The number of hydrogen-bond donors (Lipinski definition) is 2. The predicted molar refractivity (Wildman–Crippen MR) is 59.6 cm³/mol. The van der Waals surface area contributed by atoms with E-state index in [0.29, 0.717) is 6.42 Å².